The summed E-state index contributed by atoms with van der Waals surface area (Å²) in [5.74, 6) is -0.427. The highest BCUT2D eigenvalue weighted by molar-refractivity contribution is 5.94. The fourth-order valence-electron chi connectivity index (χ4n) is 2.17. The summed E-state index contributed by atoms with van der Waals surface area (Å²) in [6.45, 7) is 1.88. The summed E-state index contributed by atoms with van der Waals surface area (Å²) in [6, 6.07) is 18.0. The molecular weight excluding hydrogens is 346 g/mol. The highest BCUT2D eigenvalue weighted by Gasteiger charge is 2.09. The van der Waals surface area contributed by atoms with Crippen LogP contribution in [-0.2, 0) is 11.2 Å². The summed E-state index contributed by atoms with van der Waals surface area (Å²) >= 11 is 0. The first-order chi connectivity index (χ1) is 13.0. The third kappa shape index (κ3) is 6.04. The number of para-hydroxylation sites is 1. The Labute approximate surface area is 156 Å². The Hall–Kier alpha value is -3.54. The van der Waals surface area contributed by atoms with Crippen molar-refractivity contribution in [3.63, 3.8) is 0 Å². The van der Waals surface area contributed by atoms with Gasteiger partial charge in [-0.2, -0.15) is 0 Å². The molecule has 0 spiro atoms. The molecule has 0 aliphatic rings. The van der Waals surface area contributed by atoms with Crippen LogP contribution in [0.2, 0.25) is 0 Å². The molecular formula is C21H21NO5. The molecule has 0 saturated carbocycles. The van der Waals surface area contributed by atoms with Gasteiger partial charge in [0.15, 0.2) is 0 Å². The molecule has 1 aromatic heterocycles. The lowest BCUT2D eigenvalue weighted by atomic mass is 10.1. The predicted molar refractivity (Wildman–Crippen MR) is 103 cm³/mol. The van der Waals surface area contributed by atoms with Gasteiger partial charge in [0.1, 0.15) is 5.76 Å². The number of ether oxygens (including phenoxy) is 1. The van der Waals surface area contributed by atoms with Gasteiger partial charge in [0.25, 0.3) is 0 Å². The number of nitrogens with two attached hydrogens (primary N) is 1. The molecule has 0 atom stereocenters. The van der Waals surface area contributed by atoms with Crippen molar-refractivity contribution in [2.75, 3.05) is 12.3 Å². The summed E-state index contributed by atoms with van der Waals surface area (Å²) in [5, 5.41) is 8.80. The lowest BCUT2D eigenvalue weighted by molar-refractivity contribution is 0.0510. The van der Waals surface area contributed by atoms with Crippen LogP contribution in [0.5, 0.6) is 5.75 Å². The van der Waals surface area contributed by atoms with Crippen molar-refractivity contribution in [1.82, 2.24) is 0 Å². The summed E-state index contributed by atoms with van der Waals surface area (Å²) < 4.78 is 9.88. The second-order valence-electron chi connectivity index (χ2n) is 5.65. The van der Waals surface area contributed by atoms with Gasteiger partial charge in [-0.3, -0.25) is 4.79 Å². The van der Waals surface area contributed by atoms with Crippen molar-refractivity contribution >= 4 is 11.7 Å². The number of aromatic hydroxyl groups is 1. The summed E-state index contributed by atoms with van der Waals surface area (Å²) in [4.78, 5) is 22.3. The minimum atomic E-state index is -0.404. The van der Waals surface area contributed by atoms with E-state index >= 15 is 0 Å². The largest absolute Gasteiger partial charge is 0.502 e. The number of nitrogen functional groups attached to an aromatic ring is 1. The van der Waals surface area contributed by atoms with Crippen LogP contribution in [0.3, 0.4) is 0 Å². The molecule has 6 nitrogen and oxygen atoms in total. The zero-order valence-corrected chi connectivity index (χ0v) is 14.9. The average Bonchev–Trinajstić information content (AvgIpc) is 2.68. The minimum absolute atomic E-state index is 0.252. The average molecular weight is 367 g/mol. The van der Waals surface area contributed by atoms with Crippen LogP contribution in [0, 0.1) is 6.92 Å². The van der Waals surface area contributed by atoms with Crippen LogP contribution >= 0.6 is 0 Å². The first kappa shape index (κ1) is 19.8. The number of rotatable bonds is 4. The zero-order valence-electron chi connectivity index (χ0n) is 14.9. The molecule has 140 valence electrons. The molecule has 0 amide bonds. The van der Waals surface area contributed by atoms with Crippen molar-refractivity contribution in [3.05, 3.63) is 94.0 Å². The fraction of sp³-hybridized carbons (Fsp3) is 0.143. The second kappa shape index (κ2) is 9.82. The molecule has 1 heterocycles. The number of hydrogen-bond acceptors (Lipinski definition) is 6. The van der Waals surface area contributed by atoms with E-state index in [0.717, 1.165) is 5.56 Å². The van der Waals surface area contributed by atoms with Gasteiger partial charge < -0.3 is 20.0 Å². The first-order valence-electron chi connectivity index (χ1n) is 8.32. The van der Waals surface area contributed by atoms with Crippen molar-refractivity contribution in [3.8, 4) is 5.75 Å². The second-order valence-corrected chi connectivity index (χ2v) is 5.65. The van der Waals surface area contributed by atoms with Crippen molar-refractivity contribution in [2.45, 2.75) is 13.3 Å². The molecule has 2 aromatic carbocycles. The van der Waals surface area contributed by atoms with Crippen LogP contribution < -0.4 is 11.2 Å². The number of esters is 1. The number of benzene rings is 2. The van der Waals surface area contributed by atoms with Gasteiger partial charge in [-0.25, -0.2) is 4.79 Å². The van der Waals surface area contributed by atoms with Gasteiger partial charge in [-0.05, 0) is 24.6 Å². The SMILES string of the molecule is Cc1occc(=O)c1O.Nc1ccccc1C(=O)OCCc1ccccc1. The first-order valence-corrected chi connectivity index (χ1v) is 8.32. The van der Waals surface area contributed by atoms with E-state index in [4.69, 9.17) is 15.6 Å². The molecule has 0 aliphatic heterocycles. The van der Waals surface area contributed by atoms with E-state index in [-0.39, 0.29) is 17.5 Å². The number of anilines is 1. The van der Waals surface area contributed by atoms with Crippen LogP contribution in [0.1, 0.15) is 21.7 Å². The predicted octanol–water partition coefficient (Wildman–Crippen LogP) is 3.32. The van der Waals surface area contributed by atoms with Crippen molar-refractivity contribution in [2.24, 2.45) is 0 Å². The van der Waals surface area contributed by atoms with Gasteiger partial charge in [-0.15, -0.1) is 0 Å². The molecule has 27 heavy (non-hydrogen) atoms. The smallest absolute Gasteiger partial charge is 0.340 e. The topological polar surface area (TPSA) is 103 Å². The van der Waals surface area contributed by atoms with Gasteiger partial charge in [0.2, 0.25) is 11.2 Å². The molecule has 0 radical (unpaired) electrons. The Balaban J connectivity index is 0.000000244. The number of aryl methyl sites for hydroxylation is 1. The lowest BCUT2D eigenvalue weighted by Crippen LogP contribution is -2.10. The van der Waals surface area contributed by atoms with Crippen LogP contribution in [0.4, 0.5) is 5.69 Å². The van der Waals surface area contributed by atoms with Gasteiger partial charge in [0, 0.05) is 18.2 Å². The number of carbonyl (C=O) groups is 1. The Morgan fingerprint density at radius 3 is 2.37 bits per heavy atom. The normalized spacial score (nSPS) is 9.81. The fourth-order valence-corrected chi connectivity index (χ4v) is 2.17. The quantitative estimate of drug-likeness (QED) is 0.542. The maximum absolute atomic E-state index is 11.8. The molecule has 0 aliphatic carbocycles. The standard InChI is InChI=1S/C15H15NO2.C6H6O3/c16-14-9-5-4-8-13(14)15(17)18-11-10-12-6-2-1-3-7-12;1-4-6(8)5(7)2-3-9-4/h1-9H,10-11,16H2;2-3,8H,1H3. The maximum Gasteiger partial charge on any atom is 0.340 e. The third-order valence-corrected chi connectivity index (χ3v) is 3.68. The highest BCUT2D eigenvalue weighted by atomic mass is 16.5. The molecule has 0 bridgehead atoms. The minimum Gasteiger partial charge on any atom is -0.502 e. The third-order valence-electron chi connectivity index (χ3n) is 3.68. The Bertz CT molecular complexity index is 935. The Morgan fingerprint density at radius 2 is 1.74 bits per heavy atom. The van der Waals surface area contributed by atoms with Crippen molar-refractivity contribution < 1.29 is 19.1 Å². The van der Waals surface area contributed by atoms with Crippen LogP contribution in [-0.4, -0.2) is 17.7 Å². The molecule has 0 saturated heterocycles. The summed E-state index contributed by atoms with van der Waals surface area (Å²) in [5.41, 5.74) is 7.31. The molecule has 3 aromatic rings. The molecule has 0 fully saturated rings. The molecule has 0 unspecified atom stereocenters. The Kier molecular flexibility index (Phi) is 7.19. The van der Waals surface area contributed by atoms with E-state index in [1.807, 2.05) is 30.3 Å². The number of hydrogen-bond donors (Lipinski definition) is 2. The van der Waals surface area contributed by atoms with E-state index in [9.17, 15) is 9.59 Å². The molecule has 6 heteroatoms. The monoisotopic (exact) mass is 367 g/mol. The van der Waals surface area contributed by atoms with Crippen LogP contribution in [0.15, 0.2) is 76.1 Å². The molecule has 3 rings (SSSR count). The van der Waals surface area contributed by atoms with Crippen molar-refractivity contribution in [1.29, 1.82) is 0 Å². The lowest BCUT2D eigenvalue weighted by Gasteiger charge is -2.06. The highest BCUT2D eigenvalue weighted by Crippen LogP contribution is 2.12. The molecule has 3 N–H and O–H groups in total. The van der Waals surface area contributed by atoms with E-state index in [2.05, 4.69) is 4.42 Å². The summed E-state index contributed by atoms with van der Waals surface area (Å²) in [7, 11) is 0. The van der Waals surface area contributed by atoms with Gasteiger partial charge >= 0.3 is 5.97 Å². The summed E-state index contributed by atoms with van der Waals surface area (Å²) in [6.07, 6.45) is 1.96. The van der Waals surface area contributed by atoms with Crippen LogP contribution in [0.25, 0.3) is 0 Å². The van der Waals surface area contributed by atoms with E-state index in [1.165, 1.54) is 19.3 Å². The van der Waals surface area contributed by atoms with Gasteiger partial charge in [0.05, 0.1) is 18.4 Å². The maximum atomic E-state index is 11.8. The van der Waals surface area contributed by atoms with Gasteiger partial charge in [-0.1, -0.05) is 42.5 Å². The van der Waals surface area contributed by atoms with E-state index in [0.29, 0.717) is 24.3 Å². The number of carbonyl (C=O) groups excluding carboxylic acids is 1. The zero-order chi connectivity index (χ0) is 19.6. The van der Waals surface area contributed by atoms with E-state index in [1.54, 1.807) is 24.3 Å². The Morgan fingerprint density at radius 1 is 1.07 bits per heavy atom. The van der Waals surface area contributed by atoms with E-state index < -0.39 is 5.43 Å².